The summed E-state index contributed by atoms with van der Waals surface area (Å²) in [5, 5.41) is 2.75. The van der Waals surface area contributed by atoms with Crippen molar-refractivity contribution >= 4 is 0 Å². The third-order valence-electron chi connectivity index (χ3n) is 0. The number of allylic oxidation sites excluding steroid dienone is 1. The molecule has 0 saturated carbocycles. The molecular weight excluding hydrogens is 122 g/mol. The zero-order valence-electron chi connectivity index (χ0n) is 8.41. The van der Waals surface area contributed by atoms with Crippen LogP contribution in [0.15, 0.2) is 12.2 Å². The Hall–Kier alpha value is -0.300. The summed E-state index contributed by atoms with van der Waals surface area (Å²) in [6, 6.07) is 0. The Morgan fingerprint density at radius 3 is 1.20 bits per heavy atom. The van der Waals surface area contributed by atoms with Crippen molar-refractivity contribution in [2.75, 3.05) is 14.1 Å². The van der Waals surface area contributed by atoms with Gasteiger partial charge in [-0.1, -0.05) is 25.8 Å². The van der Waals surface area contributed by atoms with E-state index in [1.165, 1.54) is 12.0 Å². The van der Waals surface area contributed by atoms with Gasteiger partial charge in [0.25, 0.3) is 0 Å². The quantitative estimate of drug-likeness (QED) is 0.517. The van der Waals surface area contributed by atoms with Gasteiger partial charge in [-0.05, 0) is 27.9 Å². The Kier molecular flexibility index (Phi) is 38.2. The van der Waals surface area contributed by atoms with E-state index in [1.807, 2.05) is 27.9 Å². The van der Waals surface area contributed by atoms with Crippen LogP contribution in [0.25, 0.3) is 0 Å². The van der Waals surface area contributed by atoms with E-state index in [0.29, 0.717) is 0 Å². The zero-order valence-corrected chi connectivity index (χ0v) is 8.41. The first-order valence-electron chi connectivity index (χ1n) is 3.77. The molecular formula is C9H23N. The molecule has 0 fully saturated rings. The average Bonchev–Trinajstić information content (AvgIpc) is 1.65. The van der Waals surface area contributed by atoms with Crippen LogP contribution in [0.3, 0.4) is 0 Å². The summed E-state index contributed by atoms with van der Waals surface area (Å²) in [5.41, 5.74) is 1.17. The maximum atomic E-state index is 3.56. The maximum Gasteiger partial charge on any atom is -0.0167 e. The summed E-state index contributed by atoms with van der Waals surface area (Å²) >= 11 is 0. The highest BCUT2D eigenvalue weighted by molar-refractivity contribution is 4.78. The summed E-state index contributed by atoms with van der Waals surface area (Å²) in [5.74, 6) is 0. The van der Waals surface area contributed by atoms with Gasteiger partial charge in [-0.2, -0.15) is 0 Å². The molecule has 64 valence electrons. The van der Waals surface area contributed by atoms with Gasteiger partial charge in [-0.15, -0.1) is 6.58 Å². The maximum absolute atomic E-state index is 3.56. The fourth-order valence-corrected chi connectivity index (χ4v) is 0. The number of rotatable bonds is 0. The fraction of sp³-hybridized carbons (Fsp3) is 0.778. The largest absolute Gasteiger partial charge is 0.323 e. The second kappa shape index (κ2) is 23.4. The van der Waals surface area contributed by atoms with E-state index in [0.717, 1.165) is 0 Å². The Morgan fingerprint density at radius 1 is 1.20 bits per heavy atom. The van der Waals surface area contributed by atoms with E-state index in [2.05, 4.69) is 25.7 Å². The van der Waals surface area contributed by atoms with E-state index in [4.69, 9.17) is 0 Å². The van der Waals surface area contributed by atoms with E-state index in [-0.39, 0.29) is 0 Å². The Labute approximate surface area is 66.5 Å². The second-order valence-corrected chi connectivity index (χ2v) is 2.41. The highest BCUT2D eigenvalue weighted by Gasteiger charge is 1.51. The lowest BCUT2D eigenvalue weighted by Crippen LogP contribution is -1.89. The fourth-order valence-electron chi connectivity index (χ4n) is 0. The van der Waals surface area contributed by atoms with Crippen molar-refractivity contribution in [1.82, 2.24) is 5.32 Å². The summed E-state index contributed by atoms with van der Waals surface area (Å²) < 4.78 is 0. The summed E-state index contributed by atoms with van der Waals surface area (Å²) in [4.78, 5) is 0. The monoisotopic (exact) mass is 145 g/mol. The number of hydrogen-bond donors (Lipinski definition) is 1. The van der Waals surface area contributed by atoms with Crippen LogP contribution in [-0.2, 0) is 0 Å². The molecule has 0 bridgehead atoms. The first-order valence-corrected chi connectivity index (χ1v) is 3.77. The van der Waals surface area contributed by atoms with Crippen LogP contribution in [0.4, 0.5) is 0 Å². The molecule has 0 aliphatic heterocycles. The molecule has 0 heterocycles. The molecule has 0 aliphatic rings. The van der Waals surface area contributed by atoms with Crippen LogP contribution >= 0.6 is 0 Å². The van der Waals surface area contributed by atoms with Crippen LogP contribution in [0.2, 0.25) is 0 Å². The van der Waals surface area contributed by atoms with Crippen molar-refractivity contribution < 1.29 is 0 Å². The molecule has 0 saturated heterocycles. The highest BCUT2D eigenvalue weighted by Crippen LogP contribution is 1.73. The third kappa shape index (κ3) is 3840. The Bertz CT molecular complexity index is 42.7. The molecule has 0 rings (SSSR count). The van der Waals surface area contributed by atoms with Crippen LogP contribution in [0.5, 0.6) is 0 Å². The molecule has 0 aromatic rings. The molecule has 1 nitrogen and oxygen atoms in total. The third-order valence-corrected chi connectivity index (χ3v) is 0. The van der Waals surface area contributed by atoms with Crippen LogP contribution in [0.1, 0.15) is 34.1 Å². The van der Waals surface area contributed by atoms with Gasteiger partial charge >= 0.3 is 0 Å². The Balaban J connectivity index is -0.0000000750. The van der Waals surface area contributed by atoms with Crippen LogP contribution < -0.4 is 5.32 Å². The topological polar surface area (TPSA) is 12.0 Å². The average molecular weight is 145 g/mol. The lowest BCUT2D eigenvalue weighted by Gasteiger charge is -1.65. The van der Waals surface area contributed by atoms with Crippen LogP contribution in [-0.4, -0.2) is 14.1 Å². The molecule has 0 aromatic carbocycles. The molecule has 0 atom stereocenters. The van der Waals surface area contributed by atoms with Gasteiger partial charge in [0.2, 0.25) is 0 Å². The summed E-state index contributed by atoms with van der Waals surface area (Å²) in [6.07, 6.45) is 1.25. The van der Waals surface area contributed by atoms with Gasteiger partial charge in [0.1, 0.15) is 0 Å². The van der Waals surface area contributed by atoms with E-state index < -0.39 is 0 Å². The van der Waals surface area contributed by atoms with Crippen molar-refractivity contribution in [3.8, 4) is 0 Å². The normalized spacial score (nSPS) is 6.20. The minimum Gasteiger partial charge on any atom is -0.323 e. The molecule has 0 unspecified atom stereocenters. The van der Waals surface area contributed by atoms with Crippen molar-refractivity contribution in [2.45, 2.75) is 34.1 Å². The van der Waals surface area contributed by atoms with Crippen molar-refractivity contribution in [2.24, 2.45) is 0 Å². The smallest absolute Gasteiger partial charge is 0.0167 e. The summed E-state index contributed by atoms with van der Waals surface area (Å²) in [7, 11) is 3.75. The van der Waals surface area contributed by atoms with Crippen LogP contribution in [0, 0.1) is 0 Å². The first kappa shape index (κ1) is 16.4. The molecule has 0 amide bonds. The van der Waals surface area contributed by atoms with Crippen molar-refractivity contribution in [3.05, 3.63) is 12.2 Å². The predicted molar refractivity (Wildman–Crippen MR) is 51.4 cm³/mol. The molecule has 1 heteroatoms. The molecule has 10 heavy (non-hydrogen) atoms. The molecule has 0 spiro atoms. The number of hydrogen-bond acceptors (Lipinski definition) is 1. The van der Waals surface area contributed by atoms with E-state index in [9.17, 15) is 0 Å². The van der Waals surface area contributed by atoms with Crippen molar-refractivity contribution in [1.29, 1.82) is 0 Å². The van der Waals surface area contributed by atoms with Gasteiger partial charge in [0.15, 0.2) is 0 Å². The van der Waals surface area contributed by atoms with E-state index in [1.54, 1.807) is 0 Å². The minimum atomic E-state index is 1.17. The SMILES string of the molecule is C=C(C)C.CCC.CNC. The van der Waals surface area contributed by atoms with Gasteiger partial charge in [-0.25, -0.2) is 0 Å². The lowest BCUT2D eigenvalue weighted by atomic mass is 10.4. The minimum absolute atomic E-state index is 1.17. The first-order chi connectivity index (χ1) is 4.56. The second-order valence-electron chi connectivity index (χ2n) is 2.41. The number of nitrogens with one attached hydrogen (secondary N) is 1. The van der Waals surface area contributed by atoms with Gasteiger partial charge in [-0.3, -0.25) is 0 Å². The highest BCUT2D eigenvalue weighted by atomic mass is 14.7. The molecule has 0 aromatic heterocycles. The van der Waals surface area contributed by atoms with E-state index >= 15 is 0 Å². The Morgan fingerprint density at radius 2 is 1.20 bits per heavy atom. The molecule has 0 aliphatic carbocycles. The van der Waals surface area contributed by atoms with Gasteiger partial charge < -0.3 is 5.32 Å². The van der Waals surface area contributed by atoms with Gasteiger partial charge in [0.05, 0.1) is 0 Å². The van der Waals surface area contributed by atoms with Crippen molar-refractivity contribution in [3.63, 3.8) is 0 Å². The standard InChI is InChI=1S/C4H8.C3H8.C2H7N/c1-4(2)3;2*1-3-2/h1H2,2-3H3;3H2,1-2H3;3H,1-2H3. The molecule has 1 N–H and O–H groups in total. The summed E-state index contributed by atoms with van der Waals surface area (Å²) in [6.45, 7) is 11.8. The lowest BCUT2D eigenvalue weighted by molar-refractivity contribution is 1.02. The van der Waals surface area contributed by atoms with Gasteiger partial charge in [0, 0.05) is 0 Å². The molecule has 0 radical (unpaired) electrons. The zero-order chi connectivity index (χ0) is 8.99. The predicted octanol–water partition coefficient (Wildman–Crippen LogP) is 2.83.